The summed E-state index contributed by atoms with van der Waals surface area (Å²) in [6, 6.07) is 11.9. The highest BCUT2D eigenvalue weighted by Crippen LogP contribution is 2.26. The lowest BCUT2D eigenvalue weighted by Gasteiger charge is -2.13. The van der Waals surface area contributed by atoms with Crippen molar-refractivity contribution in [2.75, 3.05) is 26.8 Å². The molecule has 3 rings (SSSR count). The molecule has 2 aromatic rings. The van der Waals surface area contributed by atoms with E-state index in [9.17, 15) is 4.79 Å². The van der Waals surface area contributed by atoms with Crippen LogP contribution in [0.25, 0.3) is 10.8 Å². The molecular weight excluding hydrogens is 282 g/mol. The van der Waals surface area contributed by atoms with Crippen LogP contribution in [0.4, 0.5) is 4.79 Å². The van der Waals surface area contributed by atoms with Crippen LogP contribution >= 0.6 is 0 Å². The smallest absolute Gasteiger partial charge is 0.407 e. The fraction of sp³-hybridized carbons (Fsp3) is 0.353. The largest absolute Gasteiger partial charge is 0.497 e. The summed E-state index contributed by atoms with van der Waals surface area (Å²) in [6.45, 7) is 1.70. The summed E-state index contributed by atoms with van der Waals surface area (Å²) in [5.74, 6) is 1.91. The molecule has 5 nitrogen and oxygen atoms in total. The monoisotopic (exact) mass is 301 g/mol. The van der Waals surface area contributed by atoms with Gasteiger partial charge >= 0.3 is 6.09 Å². The van der Waals surface area contributed by atoms with Crippen LogP contribution in [0, 0.1) is 5.92 Å². The SMILES string of the molecule is COc1ccc2cc(OCC3CCN(C(=O)O)C3)ccc2c1. The lowest BCUT2D eigenvalue weighted by Crippen LogP contribution is -2.27. The Balaban J connectivity index is 1.63. The molecule has 1 unspecified atom stereocenters. The maximum absolute atomic E-state index is 10.9. The van der Waals surface area contributed by atoms with Crippen LogP contribution in [0.1, 0.15) is 6.42 Å². The lowest BCUT2D eigenvalue weighted by atomic mass is 10.1. The average Bonchev–Trinajstić information content (AvgIpc) is 3.01. The molecule has 1 fully saturated rings. The molecule has 22 heavy (non-hydrogen) atoms. The van der Waals surface area contributed by atoms with Crippen LogP contribution in [-0.2, 0) is 0 Å². The molecular formula is C17H19NO4. The first kappa shape index (κ1) is 14.5. The Morgan fingerprint density at radius 1 is 1.23 bits per heavy atom. The van der Waals surface area contributed by atoms with E-state index in [1.807, 2.05) is 36.4 Å². The van der Waals surface area contributed by atoms with Crippen LogP contribution in [-0.4, -0.2) is 42.9 Å². The topological polar surface area (TPSA) is 59.0 Å². The van der Waals surface area contributed by atoms with Crippen molar-refractivity contribution in [2.45, 2.75) is 6.42 Å². The molecule has 1 amide bonds. The minimum Gasteiger partial charge on any atom is -0.497 e. The molecule has 2 aromatic carbocycles. The van der Waals surface area contributed by atoms with Crippen molar-refractivity contribution in [3.63, 3.8) is 0 Å². The normalized spacial score (nSPS) is 17.7. The fourth-order valence-corrected chi connectivity index (χ4v) is 2.78. The van der Waals surface area contributed by atoms with Gasteiger partial charge in [0.1, 0.15) is 11.5 Å². The fourth-order valence-electron chi connectivity index (χ4n) is 2.78. The number of methoxy groups -OCH3 is 1. The van der Waals surface area contributed by atoms with Gasteiger partial charge in [-0.05, 0) is 41.5 Å². The molecule has 0 aliphatic carbocycles. The van der Waals surface area contributed by atoms with Crippen LogP contribution in [0.3, 0.4) is 0 Å². The molecule has 0 bridgehead atoms. The van der Waals surface area contributed by atoms with Gasteiger partial charge in [-0.2, -0.15) is 0 Å². The minimum absolute atomic E-state index is 0.266. The second-order valence-corrected chi connectivity index (χ2v) is 5.57. The first-order chi connectivity index (χ1) is 10.7. The van der Waals surface area contributed by atoms with Gasteiger partial charge in [0.25, 0.3) is 0 Å². The van der Waals surface area contributed by atoms with Crippen molar-refractivity contribution in [3.8, 4) is 11.5 Å². The van der Waals surface area contributed by atoms with Crippen molar-refractivity contribution < 1.29 is 19.4 Å². The number of likely N-dealkylation sites (tertiary alicyclic amines) is 1. The van der Waals surface area contributed by atoms with E-state index >= 15 is 0 Å². The van der Waals surface area contributed by atoms with Crippen molar-refractivity contribution >= 4 is 16.9 Å². The Morgan fingerprint density at radius 2 is 1.91 bits per heavy atom. The van der Waals surface area contributed by atoms with Crippen LogP contribution in [0.15, 0.2) is 36.4 Å². The third-order valence-electron chi connectivity index (χ3n) is 4.06. The number of ether oxygens (including phenoxy) is 2. The number of nitrogens with zero attached hydrogens (tertiary/aromatic N) is 1. The maximum Gasteiger partial charge on any atom is 0.407 e. The summed E-state index contributed by atoms with van der Waals surface area (Å²) in [6.07, 6.45) is 0.0130. The molecule has 0 aromatic heterocycles. The minimum atomic E-state index is -0.845. The molecule has 116 valence electrons. The van der Waals surface area contributed by atoms with Crippen LogP contribution < -0.4 is 9.47 Å². The molecule has 1 heterocycles. The first-order valence-corrected chi connectivity index (χ1v) is 7.34. The predicted molar refractivity (Wildman–Crippen MR) is 83.7 cm³/mol. The van der Waals surface area contributed by atoms with Crippen LogP contribution in [0.2, 0.25) is 0 Å². The number of amides is 1. The summed E-state index contributed by atoms with van der Waals surface area (Å²) >= 11 is 0. The zero-order valence-electron chi connectivity index (χ0n) is 12.5. The molecule has 1 saturated heterocycles. The summed E-state index contributed by atoms with van der Waals surface area (Å²) in [5, 5.41) is 11.1. The van der Waals surface area contributed by atoms with E-state index in [-0.39, 0.29) is 5.92 Å². The van der Waals surface area contributed by atoms with E-state index in [0.717, 1.165) is 28.7 Å². The third-order valence-corrected chi connectivity index (χ3v) is 4.06. The molecule has 1 aliphatic heterocycles. The van der Waals surface area contributed by atoms with Crippen molar-refractivity contribution in [2.24, 2.45) is 5.92 Å². The Bertz CT molecular complexity index is 685. The number of hydrogen-bond donors (Lipinski definition) is 1. The van der Waals surface area contributed by atoms with E-state index < -0.39 is 6.09 Å². The van der Waals surface area contributed by atoms with E-state index in [0.29, 0.717) is 19.7 Å². The first-order valence-electron chi connectivity index (χ1n) is 7.34. The van der Waals surface area contributed by atoms with Crippen molar-refractivity contribution in [3.05, 3.63) is 36.4 Å². The average molecular weight is 301 g/mol. The van der Waals surface area contributed by atoms with E-state index in [4.69, 9.17) is 14.6 Å². The highest BCUT2D eigenvalue weighted by molar-refractivity contribution is 5.85. The van der Waals surface area contributed by atoms with Gasteiger partial charge in [-0.15, -0.1) is 0 Å². The molecule has 1 aliphatic rings. The Hall–Kier alpha value is -2.43. The second-order valence-electron chi connectivity index (χ2n) is 5.57. The molecule has 5 heteroatoms. The highest BCUT2D eigenvalue weighted by atomic mass is 16.5. The Labute approximate surface area is 129 Å². The van der Waals surface area contributed by atoms with Crippen molar-refractivity contribution in [1.82, 2.24) is 4.90 Å². The molecule has 1 N–H and O–H groups in total. The Morgan fingerprint density at radius 3 is 2.55 bits per heavy atom. The number of carboxylic acid groups (broad SMARTS) is 1. The maximum atomic E-state index is 10.9. The molecule has 0 spiro atoms. The van der Waals surface area contributed by atoms with Gasteiger partial charge in [-0.1, -0.05) is 12.1 Å². The summed E-state index contributed by atoms with van der Waals surface area (Å²) in [5.41, 5.74) is 0. The van der Waals surface area contributed by atoms with E-state index in [2.05, 4.69) is 0 Å². The van der Waals surface area contributed by atoms with Gasteiger partial charge in [0.15, 0.2) is 0 Å². The van der Waals surface area contributed by atoms with Crippen LogP contribution in [0.5, 0.6) is 11.5 Å². The lowest BCUT2D eigenvalue weighted by molar-refractivity contribution is 0.151. The molecule has 0 saturated carbocycles. The second kappa shape index (κ2) is 6.13. The van der Waals surface area contributed by atoms with E-state index in [1.165, 1.54) is 4.90 Å². The Kier molecular flexibility index (Phi) is 4.04. The number of benzene rings is 2. The van der Waals surface area contributed by atoms with Gasteiger partial charge in [0, 0.05) is 19.0 Å². The van der Waals surface area contributed by atoms with Crippen molar-refractivity contribution in [1.29, 1.82) is 0 Å². The summed E-state index contributed by atoms with van der Waals surface area (Å²) < 4.78 is 11.0. The number of rotatable bonds is 4. The zero-order chi connectivity index (χ0) is 15.5. The predicted octanol–water partition coefficient (Wildman–Crippen LogP) is 3.23. The number of hydrogen-bond acceptors (Lipinski definition) is 3. The molecule has 0 radical (unpaired) electrons. The van der Waals surface area contributed by atoms with E-state index in [1.54, 1.807) is 7.11 Å². The molecule has 1 atom stereocenters. The van der Waals surface area contributed by atoms with Gasteiger partial charge in [-0.25, -0.2) is 4.79 Å². The zero-order valence-corrected chi connectivity index (χ0v) is 12.5. The highest BCUT2D eigenvalue weighted by Gasteiger charge is 2.26. The van der Waals surface area contributed by atoms with Gasteiger partial charge < -0.3 is 19.5 Å². The van der Waals surface area contributed by atoms with Gasteiger partial charge in [0.2, 0.25) is 0 Å². The van der Waals surface area contributed by atoms with Gasteiger partial charge in [0.05, 0.1) is 13.7 Å². The summed E-state index contributed by atoms with van der Waals surface area (Å²) in [4.78, 5) is 12.3. The number of carbonyl (C=O) groups is 1. The number of fused-ring (bicyclic) bond motifs is 1. The quantitative estimate of drug-likeness (QED) is 0.942. The summed E-state index contributed by atoms with van der Waals surface area (Å²) in [7, 11) is 1.65. The third kappa shape index (κ3) is 3.08. The standard InChI is InChI=1S/C17H19NO4/c1-21-15-4-2-14-9-16(5-3-13(14)8-15)22-11-12-6-7-18(10-12)17(19)20/h2-5,8-9,12H,6-7,10-11H2,1H3,(H,19,20). The van der Waals surface area contributed by atoms with Gasteiger partial charge in [-0.3, -0.25) is 0 Å².